The van der Waals surface area contributed by atoms with Crippen molar-refractivity contribution < 1.29 is 9.53 Å². The lowest BCUT2D eigenvalue weighted by molar-refractivity contribution is 0.0147. The molecule has 0 radical (unpaired) electrons. The zero-order chi connectivity index (χ0) is 16.2. The Kier molecular flexibility index (Phi) is 5.03. The SMILES string of the molecule is CCOC1CCN(C(=O)c2sc(-c3ccccn3)nc2C)CC1. The maximum atomic E-state index is 12.8. The molecule has 0 saturated carbocycles. The number of nitrogens with zero attached hydrogens (tertiary/aromatic N) is 3. The van der Waals surface area contributed by atoms with Gasteiger partial charge in [0.1, 0.15) is 9.88 Å². The molecule has 1 saturated heterocycles. The van der Waals surface area contributed by atoms with Crippen molar-refractivity contribution in [3.05, 3.63) is 35.0 Å². The van der Waals surface area contributed by atoms with Crippen LogP contribution in [0.15, 0.2) is 24.4 Å². The van der Waals surface area contributed by atoms with E-state index in [1.807, 2.05) is 36.9 Å². The summed E-state index contributed by atoms with van der Waals surface area (Å²) in [7, 11) is 0. The molecule has 6 heteroatoms. The standard InChI is InChI=1S/C17H21N3O2S/c1-3-22-13-7-10-20(11-8-13)17(21)15-12(2)19-16(23-15)14-6-4-5-9-18-14/h4-6,9,13H,3,7-8,10-11H2,1-2H3. The molecule has 2 aromatic heterocycles. The molecule has 23 heavy (non-hydrogen) atoms. The average molecular weight is 331 g/mol. The van der Waals surface area contributed by atoms with Gasteiger partial charge in [-0.3, -0.25) is 9.78 Å². The van der Waals surface area contributed by atoms with Gasteiger partial charge in [-0.1, -0.05) is 6.07 Å². The van der Waals surface area contributed by atoms with Crippen molar-refractivity contribution in [2.45, 2.75) is 32.8 Å². The minimum atomic E-state index is 0.0807. The van der Waals surface area contributed by atoms with Crippen LogP contribution in [-0.2, 0) is 4.74 Å². The fourth-order valence-corrected chi connectivity index (χ4v) is 3.81. The summed E-state index contributed by atoms with van der Waals surface area (Å²) in [5.41, 5.74) is 1.60. The smallest absolute Gasteiger partial charge is 0.265 e. The van der Waals surface area contributed by atoms with Gasteiger partial charge >= 0.3 is 0 Å². The predicted molar refractivity (Wildman–Crippen MR) is 90.6 cm³/mol. The second-order valence-corrected chi connectivity index (χ2v) is 6.59. The average Bonchev–Trinajstić information content (AvgIpc) is 2.98. The summed E-state index contributed by atoms with van der Waals surface area (Å²) in [5, 5.41) is 0.802. The number of aromatic nitrogens is 2. The Balaban J connectivity index is 1.72. The van der Waals surface area contributed by atoms with Crippen LogP contribution >= 0.6 is 11.3 Å². The van der Waals surface area contributed by atoms with E-state index in [0.29, 0.717) is 0 Å². The largest absolute Gasteiger partial charge is 0.378 e. The van der Waals surface area contributed by atoms with E-state index in [1.54, 1.807) is 6.20 Å². The normalized spacial score (nSPS) is 15.8. The first-order chi connectivity index (χ1) is 11.2. The number of hydrogen-bond acceptors (Lipinski definition) is 5. The zero-order valence-electron chi connectivity index (χ0n) is 13.5. The summed E-state index contributed by atoms with van der Waals surface area (Å²) in [6.07, 6.45) is 3.84. The van der Waals surface area contributed by atoms with E-state index in [0.717, 1.165) is 53.8 Å². The van der Waals surface area contributed by atoms with E-state index in [2.05, 4.69) is 9.97 Å². The Morgan fingerprint density at radius 2 is 2.17 bits per heavy atom. The maximum Gasteiger partial charge on any atom is 0.265 e. The summed E-state index contributed by atoms with van der Waals surface area (Å²) in [4.78, 5) is 24.2. The van der Waals surface area contributed by atoms with Gasteiger partial charge in [0.15, 0.2) is 0 Å². The number of pyridine rings is 1. The molecule has 0 aromatic carbocycles. The third kappa shape index (κ3) is 3.59. The number of likely N-dealkylation sites (tertiary alicyclic amines) is 1. The van der Waals surface area contributed by atoms with Gasteiger partial charge < -0.3 is 9.64 Å². The summed E-state index contributed by atoms with van der Waals surface area (Å²) in [5.74, 6) is 0.0807. The minimum Gasteiger partial charge on any atom is -0.378 e. The quantitative estimate of drug-likeness (QED) is 0.863. The molecule has 0 bridgehead atoms. The van der Waals surface area contributed by atoms with Gasteiger partial charge in [0.2, 0.25) is 0 Å². The van der Waals surface area contributed by atoms with Gasteiger partial charge in [-0.25, -0.2) is 4.98 Å². The Labute approximate surface area is 140 Å². The molecule has 122 valence electrons. The number of amides is 1. The molecule has 0 atom stereocenters. The minimum absolute atomic E-state index is 0.0807. The van der Waals surface area contributed by atoms with Crippen LogP contribution < -0.4 is 0 Å². The van der Waals surface area contributed by atoms with Crippen LogP contribution in [0.5, 0.6) is 0 Å². The number of carbonyl (C=O) groups excluding carboxylic acids is 1. The van der Waals surface area contributed by atoms with Crippen molar-refractivity contribution in [1.82, 2.24) is 14.9 Å². The zero-order valence-corrected chi connectivity index (χ0v) is 14.3. The van der Waals surface area contributed by atoms with E-state index in [1.165, 1.54) is 11.3 Å². The molecule has 1 amide bonds. The van der Waals surface area contributed by atoms with E-state index in [4.69, 9.17) is 4.74 Å². The first kappa shape index (κ1) is 16.1. The molecule has 3 heterocycles. The molecule has 0 N–H and O–H groups in total. The highest BCUT2D eigenvalue weighted by atomic mass is 32.1. The summed E-state index contributed by atoms with van der Waals surface area (Å²) >= 11 is 1.43. The maximum absolute atomic E-state index is 12.8. The molecule has 0 spiro atoms. The summed E-state index contributed by atoms with van der Waals surface area (Å²) in [6.45, 7) is 6.14. The topological polar surface area (TPSA) is 55.3 Å². The van der Waals surface area contributed by atoms with E-state index < -0.39 is 0 Å². The van der Waals surface area contributed by atoms with Crippen molar-refractivity contribution in [2.75, 3.05) is 19.7 Å². The fourth-order valence-electron chi connectivity index (χ4n) is 2.80. The molecule has 3 rings (SSSR count). The molecule has 0 unspecified atom stereocenters. The van der Waals surface area contributed by atoms with Gasteiger partial charge in [0.05, 0.1) is 17.5 Å². The van der Waals surface area contributed by atoms with Crippen LogP contribution in [0.3, 0.4) is 0 Å². The molecular weight excluding hydrogens is 310 g/mol. The molecule has 1 aliphatic rings. The van der Waals surface area contributed by atoms with Gasteiger partial charge in [-0.2, -0.15) is 0 Å². The van der Waals surface area contributed by atoms with Crippen LogP contribution in [-0.4, -0.2) is 46.6 Å². The Hall–Kier alpha value is -1.79. The Morgan fingerprint density at radius 3 is 2.83 bits per heavy atom. The van der Waals surface area contributed by atoms with Crippen molar-refractivity contribution in [3.8, 4) is 10.7 Å². The first-order valence-electron chi connectivity index (χ1n) is 7.98. The third-order valence-corrected chi connectivity index (χ3v) is 5.17. The number of ether oxygens (including phenoxy) is 1. The number of piperidine rings is 1. The highest BCUT2D eigenvalue weighted by Crippen LogP contribution is 2.28. The molecular formula is C17H21N3O2S. The molecule has 5 nitrogen and oxygen atoms in total. The van der Waals surface area contributed by atoms with E-state index in [-0.39, 0.29) is 12.0 Å². The van der Waals surface area contributed by atoms with Crippen molar-refractivity contribution in [1.29, 1.82) is 0 Å². The van der Waals surface area contributed by atoms with Crippen molar-refractivity contribution in [2.24, 2.45) is 0 Å². The lowest BCUT2D eigenvalue weighted by atomic mass is 10.1. The number of thiazole rings is 1. The van der Waals surface area contributed by atoms with Crippen LogP contribution in [0.4, 0.5) is 0 Å². The third-order valence-electron chi connectivity index (χ3n) is 4.01. The van der Waals surface area contributed by atoms with Crippen LogP contribution in [0, 0.1) is 6.92 Å². The number of rotatable bonds is 4. The second kappa shape index (κ2) is 7.19. The Bertz CT molecular complexity index is 664. The van der Waals surface area contributed by atoms with Crippen molar-refractivity contribution >= 4 is 17.2 Å². The molecule has 1 fully saturated rings. The second-order valence-electron chi connectivity index (χ2n) is 5.60. The molecule has 0 aliphatic carbocycles. The van der Waals surface area contributed by atoms with Gasteiger partial charge in [0.25, 0.3) is 5.91 Å². The number of hydrogen-bond donors (Lipinski definition) is 0. The van der Waals surface area contributed by atoms with Crippen molar-refractivity contribution in [3.63, 3.8) is 0 Å². The first-order valence-corrected chi connectivity index (χ1v) is 8.80. The van der Waals surface area contributed by atoms with Gasteiger partial charge in [0, 0.05) is 25.9 Å². The van der Waals surface area contributed by atoms with E-state index >= 15 is 0 Å². The summed E-state index contributed by atoms with van der Waals surface area (Å²) in [6, 6.07) is 5.72. The fraction of sp³-hybridized carbons (Fsp3) is 0.471. The molecule has 1 aliphatic heterocycles. The Morgan fingerprint density at radius 1 is 1.39 bits per heavy atom. The highest BCUT2D eigenvalue weighted by molar-refractivity contribution is 7.17. The lowest BCUT2D eigenvalue weighted by Crippen LogP contribution is -2.40. The number of aryl methyl sites for hydroxylation is 1. The monoisotopic (exact) mass is 331 g/mol. The van der Waals surface area contributed by atoms with Crippen LogP contribution in [0.1, 0.15) is 35.1 Å². The van der Waals surface area contributed by atoms with Crippen LogP contribution in [0.2, 0.25) is 0 Å². The lowest BCUT2D eigenvalue weighted by Gasteiger charge is -2.31. The summed E-state index contributed by atoms with van der Waals surface area (Å²) < 4.78 is 5.65. The number of carbonyl (C=O) groups is 1. The molecule has 2 aromatic rings. The van der Waals surface area contributed by atoms with Crippen LogP contribution in [0.25, 0.3) is 10.7 Å². The van der Waals surface area contributed by atoms with Gasteiger partial charge in [-0.05, 0) is 38.8 Å². The highest BCUT2D eigenvalue weighted by Gasteiger charge is 2.26. The van der Waals surface area contributed by atoms with Gasteiger partial charge in [-0.15, -0.1) is 11.3 Å². The van der Waals surface area contributed by atoms with E-state index in [9.17, 15) is 4.79 Å². The predicted octanol–water partition coefficient (Wildman–Crippen LogP) is 3.15.